The molecular weight excluding hydrogens is 268 g/mol. The first-order chi connectivity index (χ1) is 9.54. The number of likely N-dealkylation sites (tertiary alicyclic amines) is 1. The van der Waals surface area contributed by atoms with Gasteiger partial charge in [-0.1, -0.05) is 13.8 Å². The smallest absolute Gasteiger partial charge is 0.0928 e. The molecule has 3 nitrogen and oxygen atoms in total. The highest BCUT2D eigenvalue weighted by atomic mass is 32.1. The van der Waals surface area contributed by atoms with Gasteiger partial charge in [0, 0.05) is 11.9 Å². The lowest BCUT2D eigenvalue weighted by Gasteiger charge is -2.32. The highest BCUT2D eigenvalue weighted by Crippen LogP contribution is 2.22. The van der Waals surface area contributed by atoms with Crippen molar-refractivity contribution in [1.82, 2.24) is 9.88 Å². The van der Waals surface area contributed by atoms with Crippen molar-refractivity contribution >= 4 is 11.3 Å². The maximum atomic E-state index is 9.63. The zero-order chi connectivity index (χ0) is 14.5. The molecule has 1 saturated heterocycles. The van der Waals surface area contributed by atoms with Crippen LogP contribution in [0.25, 0.3) is 0 Å². The van der Waals surface area contributed by atoms with Crippen LogP contribution in [-0.2, 0) is 13.0 Å². The molecule has 1 fully saturated rings. The second-order valence-corrected chi connectivity index (χ2v) is 7.46. The summed E-state index contributed by atoms with van der Waals surface area (Å²) < 4.78 is 0. The Hall–Kier alpha value is -0.450. The minimum atomic E-state index is -0.154. The molecule has 1 atom stereocenters. The lowest BCUT2D eigenvalue weighted by molar-refractivity contribution is 0.0692. The molecule has 1 aromatic heterocycles. The molecule has 1 aliphatic heterocycles. The van der Waals surface area contributed by atoms with Crippen LogP contribution < -0.4 is 0 Å². The van der Waals surface area contributed by atoms with Crippen molar-refractivity contribution in [1.29, 1.82) is 0 Å². The summed E-state index contributed by atoms with van der Waals surface area (Å²) in [5, 5.41) is 13.1. The first-order valence-corrected chi connectivity index (χ1v) is 8.76. The Bertz CT molecular complexity index is 395. The second kappa shape index (κ2) is 7.53. The molecule has 114 valence electrons. The number of hydrogen-bond acceptors (Lipinski definition) is 4. The Balaban J connectivity index is 1.77. The molecule has 0 spiro atoms. The largest absolute Gasteiger partial charge is 0.393 e. The molecular formula is C16H28N2OS. The summed E-state index contributed by atoms with van der Waals surface area (Å²) in [7, 11) is 0. The molecule has 0 bridgehead atoms. The standard InChI is InChI=1S/C16H28N2OS/c1-12(2)4-5-16-17-15(11-20-16)10-18-8-6-14(7-9-18)13(3)19/h11-14,19H,4-10H2,1-3H3. The number of thiazole rings is 1. The van der Waals surface area contributed by atoms with Crippen molar-refractivity contribution in [3.05, 3.63) is 16.1 Å². The van der Waals surface area contributed by atoms with Crippen LogP contribution in [0, 0.1) is 11.8 Å². The number of hydrogen-bond donors (Lipinski definition) is 1. The Morgan fingerprint density at radius 2 is 2.05 bits per heavy atom. The predicted molar refractivity (Wildman–Crippen MR) is 85.0 cm³/mol. The summed E-state index contributed by atoms with van der Waals surface area (Å²) >= 11 is 1.81. The Morgan fingerprint density at radius 1 is 1.35 bits per heavy atom. The summed E-state index contributed by atoms with van der Waals surface area (Å²) in [5.41, 5.74) is 1.23. The van der Waals surface area contributed by atoms with Crippen molar-refractivity contribution in [3.63, 3.8) is 0 Å². The van der Waals surface area contributed by atoms with E-state index in [1.54, 1.807) is 0 Å². The lowest BCUT2D eigenvalue weighted by atomic mass is 9.92. The molecule has 0 radical (unpaired) electrons. The van der Waals surface area contributed by atoms with E-state index in [2.05, 4.69) is 24.1 Å². The van der Waals surface area contributed by atoms with Gasteiger partial charge in [0.15, 0.2) is 0 Å². The summed E-state index contributed by atoms with van der Waals surface area (Å²) in [4.78, 5) is 7.23. The molecule has 1 aromatic rings. The van der Waals surface area contributed by atoms with E-state index in [1.165, 1.54) is 17.1 Å². The van der Waals surface area contributed by atoms with Gasteiger partial charge in [-0.25, -0.2) is 4.98 Å². The zero-order valence-electron chi connectivity index (χ0n) is 13.0. The molecule has 2 rings (SSSR count). The minimum absolute atomic E-state index is 0.154. The predicted octanol–water partition coefficient (Wildman–Crippen LogP) is 3.32. The number of aryl methyl sites for hydroxylation is 1. The SMILES string of the molecule is CC(C)CCc1nc(CN2CCC(C(C)O)CC2)cs1. The van der Waals surface area contributed by atoms with Crippen LogP contribution in [0.2, 0.25) is 0 Å². The lowest BCUT2D eigenvalue weighted by Crippen LogP contribution is -2.36. The number of aromatic nitrogens is 1. The van der Waals surface area contributed by atoms with E-state index in [0.29, 0.717) is 5.92 Å². The molecule has 0 aromatic carbocycles. The van der Waals surface area contributed by atoms with Crippen molar-refractivity contribution in [2.45, 2.75) is 59.1 Å². The van der Waals surface area contributed by atoms with E-state index in [9.17, 15) is 5.11 Å². The zero-order valence-corrected chi connectivity index (χ0v) is 13.8. The average molecular weight is 296 g/mol. The molecule has 0 aliphatic carbocycles. The first-order valence-electron chi connectivity index (χ1n) is 7.88. The number of nitrogens with zero attached hydrogens (tertiary/aromatic N) is 2. The summed E-state index contributed by atoms with van der Waals surface area (Å²) in [5.74, 6) is 1.24. The van der Waals surface area contributed by atoms with Gasteiger partial charge in [-0.3, -0.25) is 4.90 Å². The number of aliphatic hydroxyl groups excluding tert-OH is 1. The highest BCUT2D eigenvalue weighted by Gasteiger charge is 2.22. The summed E-state index contributed by atoms with van der Waals surface area (Å²) in [6.45, 7) is 9.61. The molecule has 1 N–H and O–H groups in total. The van der Waals surface area contributed by atoms with Gasteiger partial charge in [-0.2, -0.15) is 0 Å². The van der Waals surface area contributed by atoms with Gasteiger partial charge in [0.25, 0.3) is 0 Å². The maximum absolute atomic E-state index is 9.63. The fourth-order valence-corrected chi connectivity index (χ4v) is 3.58. The number of piperidine rings is 1. The van der Waals surface area contributed by atoms with Crippen LogP contribution in [0.1, 0.15) is 50.7 Å². The third-order valence-corrected chi connectivity index (χ3v) is 5.19. The van der Waals surface area contributed by atoms with Crippen LogP contribution >= 0.6 is 11.3 Å². The summed E-state index contributed by atoms with van der Waals surface area (Å²) in [6, 6.07) is 0. The van der Waals surface area contributed by atoms with Gasteiger partial charge >= 0.3 is 0 Å². The molecule has 1 aliphatic rings. The highest BCUT2D eigenvalue weighted by molar-refractivity contribution is 7.09. The van der Waals surface area contributed by atoms with Gasteiger partial charge in [-0.05, 0) is 57.5 Å². The minimum Gasteiger partial charge on any atom is -0.393 e. The van der Waals surface area contributed by atoms with Gasteiger partial charge in [0.2, 0.25) is 0 Å². The number of rotatable bonds is 6. The van der Waals surface area contributed by atoms with Crippen molar-refractivity contribution in [2.24, 2.45) is 11.8 Å². The Morgan fingerprint density at radius 3 is 2.65 bits per heavy atom. The fraction of sp³-hybridized carbons (Fsp3) is 0.812. The van der Waals surface area contributed by atoms with E-state index < -0.39 is 0 Å². The molecule has 20 heavy (non-hydrogen) atoms. The monoisotopic (exact) mass is 296 g/mol. The molecule has 2 heterocycles. The molecule has 0 amide bonds. The Kier molecular flexibility index (Phi) is 6.00. The summed E-state index contributed by atoms with van der Waals surface area (Å²) in [6.07, 6.45) is 4.42. The van der Waals surface area contributed by atoms with Gasteiger partial charge < -0.3 is 5.11 Å². The van der Waals surface area contributed by atoms with E-state index >= 15 is 0 Å². The fourth-order valence-electron chi connectivity index (χ4n) is 2.77. The van der Waals surface area contributed by atoms with Gasteiger partial charge in [0.05, 0.1) is 16.8 Å². The van der Waals surface area contributed by atoms with Crippen molar-refractivity contribution in [3.8, 4) is 0 Å². The van der Waals surface area contributed by atoms with E-state index in [1.807, 2.05) is 18.3 Å². The Labute approximate surface area is 127 Å². The van der Waals surface area contributed by atoms with Crippen molar-refractivity contribution < 1.29 is 5.11 Å². The van der Waals surface area contributed by atoms with Crippen LogP contribution in [0.5, 0.6) is 0 Å². The molecule has 4 heteroatoms. The van der Waals surface area contributed by atoms with E-state index in [4.69, 9.17) is 4.98 Å². The normalized spacial score (nSPS) is 19.6. The molecule has 1 unspecified atom stereocenters. The quantitative estimate of drug-likeness (QED) is 0.875. The third-order valence-electron chi connectivity index (χ3n) is 4.23. The topological polar surface area (TPSA) is 36.4 Å². The number of aliphatic hydroxyl groups is 1. The van der Waals surface area contributed by atoms with Crippen molar-refractivity contribution in [2.75, 3.05) is 13.1 Å². The van der Waals surface area contributed by atoms with Crippen LogP contribution in [0.4, 0.5) is 0 Å². The first kappa shape index (κ1) is 15.9. The van der Waals surface area contributed by atoms with Crippen LogP contribution in [0.15, 0.2) is 5.38 Å². The average Bonchev–Trinajstić information content (AvgIpc) is 2.84. The third kappa shape index (κ3) is 4.83. The second-order valence-electron chi connectivity index (χ2n) is 6.52. The van der Waals surface area contributed by atoms with Gasteiger partial charge in [0.1, 0.15) is 0 Å². The van der Waals surface area contributed by atoms with Gasteiger partial charge in [-0.15, -0.1) is 11.3 Å². The molecule has 0 saturated carbocycles. The van der Waals surface area contributed by atoms with Crippen LogP contribution in [-0.4, -0.2) is 34.2 Å². The van der Waals surface area contributed by atoms with E-state index in [-0.39, 0.29) is 6.10 Å². The van der Waals surface area contributed by atoms with Crippen LogP contribution in [0.3, 0.4) is 0 Å². The maximum Gasteiger partial charge on any atom is 0.0928 e. The van der Waals surface area contributed by atoms with E-state index in [0.717, 1.165) is 44.8 Å².